The smallest absolute Gasteiger partial charge is 0.307 e. The van der Waals surface area contributed by atoms with Crippen molar-refractivity contribution in [2.45, 2.75) is 31.2 Å². The Balaban J connectivity index is 2.29. The summed E-state index contributed by atoms with van der Waals surface area (Å²) >= 11 is 0. The van der Waals surface area contributed by atoms with Gasteiger partial charge in [-0.2, -0.15) is 0 Å². The van der Waals surface area contributed by atoms with Crippen molar-refractivity contribution in [3.05, 3.63) is 65.5 Å². The Morgan fingerprint density at radius 3 is 2.28 bits per heavy atom. The molecule has 2 rings (SSSR count). The molecule has 134 valence electrons. The lowest BCUT2D eigenvalue weighted by atomic mass is 10.0. The van der Waals surface area contributed by atoms with Crippen LogP contribution >= 0.6 is 0 Å². The highest BCUT2D eigenvalue weighted by atomic mass is 32.2. The number of ether oxygens (including phenoxy) is 1. The predicted octanol–water partition coefficient (Wildman–Crippen LogP) is 3.11. The van der Waals surface area contributed by atoms with E-state index in [0.717, 1.165) is 17.7 Å². The fraction of sp³-hybridized carbons (Fsp3) is 0.278. The van der Waals surface area contributed by atoms with Crippen LogP contribution in [0.3, 0.4) is 0 Å². The summed E-state index contributed by atoms with van der Waals surface area (Å²) in [5.74, 6) is -1.03. The number of hydrogen-bond donors (Lipinski definition) is 1. The molecule has 1 unspecified atom stereocenters. The monoisotopic (exact) mass is 365 g/mol. The lowest BCUT2D eigenvalue weighted by molar-refractivity contribution is -0.143. The molecule has 0 aliphatic rings. The number of hydrogen-bond acceptors (Lipinski definition) is 4. The number of benzene rings is 2. The van der Waals surface area contributed by atoms with Crippen molar-refractivity contribution in [3.63, 3.8) is 0 Å². The lowest BCUT2D eigenvalue weighted by Gasteiger charge is -2.19. The van der Waals surface area contributed by atoms with Gasteiger partial charge in [0.05, 0.1) is 24.0 Å². The number of carbonyl (C=O) groups is 1. The molecule has 1 atom stereocenters. The highest BCUT2D eigenvalue weighted by molar-refractivity contribution is 7.89. The van der Waals surface area contributed by atoms with Gasteiger partial charge in [0.1, 0.15) is 5.82 Å². The van der Waals surface area contributed by atoms with Crippen LogP contribution in [-0.4, -0.2) is 21.0 Å². The molecule has 0 amide bonds. The zero-order valence-corrected chi connectivity index (χ0v) is 14.8. The van der Waals surface area contributed by atoms with Gasteiger partial charge in [-0.25, -0.2) is 17.5 Å². The van der Waals surface area contributed by atoms with Gasteiger partial charge >= 0.3 is 5.97 Å². The van der Waals surface area contributed by atoms with Crippen LogP contribution in [0.2, 0.25) is 0 Å². The first kappa shape index (κ1) is 19.1. The minimum absolute atomic E-state index is 0.0742. The van der Waals surface area contributed by atoms with Crippen LogP contribution in [0.4, 0.5) is 4.39 Å². The number of halogens is 1. The molecule has 0 heterocycles. The van der Waals surface area contributed by atoms with Gasteiger partial charge in [0.2, 0.25) is 10.0 Å². The first-order chi connectivity index (χ1) is 11.8. The molecular formula is C18H20FNO4S. The SMILES string of the molecule is CCOC(=O)CC(NS(=O)(=O)c1ccc(F)cc1)c1ccc(C)cc1. The van der Waals surface area contributed by atoms with E-state index in [4.69, 9.17) is 4.74 Å². The lowest BCUT2D eigenvalue weighted by Crippen LogP contribution is -2.30. The van der Waals surface area contributed by atoms with E-state index >= 15 is 0 Å². The number of nitrogens with one attached hydrogen (secondary N) is 1. The van der Waals surface area contributed by atoms with Gasteiger partial charge in [-0.15, -0.1) is 0 Å². The summed E-state index contributed by atoms with van der Waals surface area (Å²) < 4.78 is 45.5. The van der Waals surface area contributed by atoms with Gasteiger partial charge < -0.3 is 4.74 Å². The van der Waals surface area contributed by atoms with Crippen molar-refractivity contribution in [2.75, 3.05) is 6.61 Å². The van der Waals surface area contributed by atoms with Crippen LogP contribution in [0.25, 0.3) is 0 Å². The topological polar surface area (TPSA) is 72.5 Å². The van der Waals surface area contributed by atoms with Crippen molar-refractivity contribution >= 4 is 16.0 Å². The van der Waals surface area contributed by atoms with Gasteiger partial charge in [0.25, 0.3) is 0 Å². The molecule has 0 bridgehead atoms. The maximum absolute atomic E-state index is 13.0. The normalized spacial score (nSPS) is 12.6. The van der Waals surface area contributed by atoms with E-state index < -0.39 is 27.9 Å². The number of aryl methyl sites for hydroxylation is 1. The summed E-state index contributed by atoms with van der Waals surface area (Å²) in [5, 5.41) is 0. The van der Waals surface area contributed by atoms with Crippen molar-refractivity contribution in [1.82, 2.24) is 4.72 Å². The van der Waals surface area contributed by atoms with E-state index in [1.165, 1.54) is 12.1 Å². The maximum atomic E-state index is 13.0. The molecule has 5 nitrogen and oxygen atoms in total. The second-order valence-electron chi connectivity index (χ2n) is 5.55. The average Bonchev–Trinajstić information content (AvgIpc) is 2.55. The van der Waals surface area contributed by atoms with Gasteiger partial charge in [-0.05, 0) is 43.7 Å². The van der Waals surface area contributed by atoms with Crippen LogP contribution in [-0.2, 0) is 19.6 Å². The number of carbonyl (C=O) groups excluding carboxylic acids is 1. The third kappa shape index (κ3) is 5.37. The fourth-order valence-electron chi connectivity index (χ4n) is 2.28. The van der Waals surface area contributed by atoms with E-state index in [2.05, 4.69) is 4.72 Å². The van der Waals surface area contributed by atoms with E-state index in [-0.39, 0.29) is 17.9 Å². The largest absolute Gasteiger partial charge is 0.466 e. The van der Waals surface area contributed by atoms with Crippen LogP contribution in [0.1, 0.15) is 30.5 Å². The standard InChI is InChI=1S/C18H20FNO4S/c1-3-24-18(21)12-17(14-6-4-13(2)5-7-14)20-25(22,23)16-10-8-15(19)9-11-16/h4-11,17,20H,3,12H2,1-2H3. The highest BCUT2D eigenvalue weighted by Gasteiger charge is 2.24. The quantitative estimate of drug-likeness (QED) is 0.765. The molecule has 1 N–H and O–H groups in total. The van der Waals surface area contributed by atoms with Gasteiger partial charge in [-0.3, -0.25) is 4.79 Å². The van der Waals surface area contributed by atoms with Crippen molar-refractivity contribution < 1.29 is 22.3 Å². The molecule has 7 heteroatoms. The van der Waals surface area contributed by atoms with Crippen LogP contribution in [0, 0.1) is 12.7 Å². The molecule has 0 aliphatic carbocycles. The second-order valence-corrected chi connectivity index (χ2v) is 7.26. The summed E-state index contributed by atoms with van der Waals surface area (Å²) in [6.07, 6.45) is -0.142. The molecule has 0 fully saturated rings. The molecular weight excluding hydrogens is 345 g/mol. The molecule has 0 saturated carbocycles. The zero-order chi connectivity index (χ0) is 18.4. The van der Waals surface area contributed by atoms with E-state index in [0.29, 0.717) is 5.56 Å². The Morgan fingerprint density at radius 2 is 1.72 bits per heavy atom. The van der Waals surface area contributed by atoms with E-state index in [1.54, 1.807) is 19.1 Å². The highest BCUT2D eigenvalue weighted by Crippen LogP contribution is 2.22. The molecule has 0 aromatic heterocycles. The molecule has 0 spiro atoms. The summed E-state index contributed by atoms with van der Waals surface area (Å²) in [6.45, 7) is 3.80. The molecule has 0 saturated heterocycles. The Hall–Kier alpha value is -2.25. The number of esters is 1. The van der Waals surface area contributed by atoms with Crippen LogP contribution < -0.4 is 4.72 Å². The van der Waals surface area contributed by atoms with E-state index in [1.807, 2.05) is 19.1 Å². The Morgan fingerprint density at radius 1 is 1.12 bits per heavy atom. The number of rotatable bonds is 7. The average molecular weight is 365 g/mol. The number of sulfonamides is 1. The predicted molar refractivity (Wildman–Crippen MR) is 91.9 cm³/mol. The molecule has 0 radical (unpaired) electrons. The van der Waals surface area contributed by atoms with Gasteiger partial charge in [0, 0.05) is 0 Å². The Kier molecular flexibility index (Phi) is 6.27. The van der Waals surface area contributed by atoms with Crippen molar-refractivity contribution in [1.29, 1.82) is 0 Å². The summed E-state index contributed by atoms with van der Waals surface area (Å²) in [5.41, 5.74) is 1.66. The summed E-state index contributed by atoms with van der Waals surface area (Å²) in [7, 11) is -3.92. The summed E-state index contributed by atoms with van der Waals surface area (Å²) in [4.78, 5) is 11.8. The van der Waals surface area contributed by atoms with Crippen LogP contribution in [0.5, 0.6) is 0 Å². The van der Waals surface area contributed by atoms with E-state index in [9.17, 15) is 17.6 Å². The Bertz CT molecular complexity index is 817. The third-order valence-corrected chi connectivity index (χ3v) is 5.06. The van der Waals surface area contributed by atoms with Gasteiger partial charge in [-0.1, -0.05) is 29.8 Å². The minimum atomic E-state index is -3.92. The van der Waals surface area contributed by atoms with Crippen molar-refractivity contribution in [3.8, 4) is 0 Å². The molecule has 0 aliphatic heterocycles. The molecule has 2 aromatic rings. The maximum Gasteiger partial charge on any atom is 0.307 e. The van der Waals surface area contributed by atoms with Gasteiger partial charge in [0.15, 0.2) is 0 Å². The molecule has 25 heavy (non-hydrogen) atoms. The first-order valence-corrected chi connectivity index (χ1v) is 9.30. The first-order valence-electron chi connectivity index (χ1n) is 7.82. The van der Waals surface area contributed by atoms with Crippen molar-refractivity contribution in [2.24, 2.45) is 0 Å². The summed E-state index contributed by atoms with van der Waals surface area (Å²) in [6, 6.07) is 10.9. The Labute approximate surface area is 146 Å². The van der Waals surface area contributed by atoms with Crippen LogP contribution in [0.15, 0.2) is 53.4 Å². The second kappa shape index (κ2) is 8.22. The molecule has 2 aromatic carbocycles. The minimum Gasteiger partial charge on any atom is -0.466 e. The third-order valence-electron chi connectivity index (χ3n) is 3.58. The zero-order valence-electron chi connectivity index (χ0n) is 14.0. The fourth-order valence-corrected chi connectivity index (χ4v) is 3.51.